The Labute approximate surface area is 190 Å². The first-order valence-electron chi connectivity index (χ1n) is 10.7. The van der Waals surface area contributed by atoms with E-state index < -0.39 is 11.6 Å². The SMILES string of the molecule is Cc1ccc(Cc2nc3c(Cc4ccccc4)nc(-c4cccc(O)c4F)cn3c2O)cc1. The number of phenolic OH excluding ortho intramolecular Hbond substituents is 1. The van der Waals surface area contributed by atoms with Crippen LogP contribution in [0.5, 0.6) is 11.6 Å². The van der Waals surface area contributed by atoms with Crippen molar-refractivity contribution in [2.24, 2.45) is 0 Å². The predicted octanol–water partition coefficient (Wildman–Crippen LogP) is 5.44. The first kappa shape index (κ1) is 20.7. The molecule has 33 heavy (non-hydrogen) atoms. The van der Waals surface area contributed by atoms with E-state index in [-0.39, 0.29) is 11.4 Å². The lowest BCUT2D eigenvalue weighted by atomic mass is 10.1. The van der Waals surface area contributed by atoms with Crippen molar-refractivity contribution in [3.8, 4) is 22.9 Å². The smallest absolute Gasteiger partial charge is 0.219 e. The molecule has 0 aliphatic rings. The molecule has 0 fully saturated rings. The van der Waals surface area contributed by atoms with Gasteiger partial charge in [0.2, 0.25) is 5.88 Å². The molecule has 0 bridgehead atoms. The zero-order valence-corrected chi connectivity index (χ0v) is 18.0. The molecule has 5 nitrogen and oxygen atoms in total. The van der Waals surface area contributed by atoms with Gasteiger partial charge in [-0.05, 0) is 30.2 Å². The van der Waals surface area contributed by atoms with E-state index in [1.807, 2.05) is 61.5 Å². The highest BCUT2D eigenvalue weighted by Crippen LogP contribution is 2.31. The van der Waals surface area contributed by atoms with Crippen LogP contribution < -0.4 is 0 Å². The molecule has 5 aromatic rings. The summed E-state index contributed by atoms with van der Waals surface area (Å²) in [5.74, 6) is -1.22. The summed E-state index contributed by atoms with van der Waals surface area (Å²) in [6.07, 6.45) is 2.47. The van der Waals surface area contributed by atoms with Crippen LogP contribution >= 0.6 is 0 Å². The number of rotatable bonds is 5. The Morgan fingerprint density at radius 2 is 1.48 bits per heavy atom. The topological polar surface area (TPSA) is 70.7 Å². The Morgan fingerprint density at radius 1 is 0.788 bits per heavy atom. The van der Waals surface area contributed by atoms with Gasteiger partial charge in [-0.15, -0.1) is 0 Å². The van der Waals surface area contributed by atoms with Gasteiger partial charge in [-0.1, -0.05) is 66.2 Å². The molecule has 0 spiro atoms. The summed E-state index contributed by atoms with van der Waals surface area (Å²) in [5.41, 5.74) is 5.29. The van der Waals surface area contributed by atoms with E-state index in [0.717, 1.165) is 16.7 Å². The number of aromatic hydroxyl groups is 2. The summed E-state index contributed by atoms with van der Waals surface area (Å²) >= 11 is 0. The predicted molar refractivity (Wildman–Crippen MR) is 125 cm³/mol. The zero-order chi connectivity index (χ0) is 22.9. The van der Waals surface area contributed by atoms with Crippen molar-refractivity contribution in [3.63, 3.8) is 0 Å². The summed E-state index contributed by atoms with van der Waals surface area (Å²) in [4.78, 5) is 9.40. The summed E-state index contributed by atoms with van der Waals surface area (Å²) in [6.45, 7) is 2.02. The van der Waals surface area contributed by atoms with Crippen LogP contribution in [0.4, 0.5) is 4.39 Å². The summed E-state index contributed by atoms with van der Waals surface area (Å²) in [7, 11) is 0. The van der Waals surface area contributed by atoms with Gasteiger partial charge in [0.25, 0.3) is 0 Å². The zero-order valence-electron chi connectivity index (χ0n) is 18.0. The maximum absolute atomic E-state index is 14.7. The Kier molecular flexibility index (Phi) is 5.26. The van der Waals surface area contributed by atoms with Crippen LogP contribution in [0.1, 0.15) is 28.1 Å². The van der Waals surface area contributed by atoms with Crippen molar-refractivity contribution in [2.45, 2.75) is 19.8 Å². The van der Waals surface area contributed by atoms with Crippen LogP contribution in [0.15, 0.2) is 79.0 Å². The molecule has 2 aromatic heterocycles. The minimum absolute atomic E-state index is 0.0101. The van der Waals surface area contributed by atoms with Gasteiger partial charge >= 0.3 is 0 Å². The van der Waals surface area contributed by atoms with E-state index >= 15 is 0 Å². The summed E-state index contributed by atoms with van der Waals surface area (Å²) < 4.78 is 16.2. The molecule has 2 N–H and O–H groups in total. The molecule has 0 atom stereocenters. The number of nitrogens with zero attached hydrogens (tertiary/aromatic N) is 3. The van der Waals surface area contributed by atoms with E-state index in [1.54, 1.807) is 22.7 Å². The Hall–Kier alpha value is -4.19. The third kappa shape index (κ3) is 4.03. The van der Waals surface area contributed by atoms with Gasteiger partial charge in [0.05, 0.1) is 11.4 Å². The number of phenols is 1. The Bertz CT molecular complexity index is 1440. The van der Waals surface area contributed by atoms with Gasteiger partial charge in [-0.25, -0.2) is 14.4 Å². The molecule has 164 valence electrons. The fraction of sp³-hybridized carbons (Fsp3) is 0.111. The molecule has 0 saturated carbocycles. The quantitative estimate of drug-likeness (QED) is 0.383. The number of aryl methyl sites for hydroxylation is 1. The van der Waals surface area contributed by atoms with Crippen molar-refractivity contribution in [3.05, 3.63) is 113 Å². The second-order valence-corrected chi connectivity index (χ2v) is 8.11. The summed E-state index contributed by atoms with van der Waals surface area (Å²) in [6, 6.07) is 22.2. The van der Waals surface area contributed by atoms with Crippen molar-refractivity contribution in [1.82, 2.24) is 14.4 Å². The first-order chi connectivity index (χ1) is 16.0. The number of imidazole rings is 1. The molecule has 5 rings (SSSR count). The lowest BCUT2D eigenvalue weighted by Gasteiger charge is -2.09. The fourth-order valence-electron chi connectivity index (χ4n) is 3.92. The van der Waals surface area contributed by atoms with Crippen LogP contribution in [0.3, 0.4) is 0 Å². The van der Waals surface area contributed by atoms with Gasteiger partial charge in [0.1, 0.15) is 5.69 Å². The van der Waals surface area contributed by atoms with Gasteiger partial charge < -0.3 is 10.2 Å². The molecule has 6 heteroatoms. The highest BCUT2D eigenvalue weighted by molar-refractivity contribution is 5.65. The van der Waals surface area contributed by atoms with Crippen molar-refractivity contribution < 1.29 is 14.6 Å². The molecule has 0 radical (unpaired) electrons. The number of fused-ring (bicyclic) bond motifs is 1. The molecule has 3 aromatic carbocycles. The van der Waals surface area contributed by atoms with Crippen LogP contribution in [0, 0.1) is 12.7 Å². The second kappa shape index (κ2) is 8.39. The average molecular weight is 439 g/mol. The molecule has 0 aliphatic heterocycles. The minimum Gasteiger partial charge on any atom is -0.505 e. The number of benzene rings is 3. The van der Waals surface area contributed by atoms with E-state index in [4.69, 9.17) is 9.97 Å². The largest absolute Gasteiger partial charge is 0.505 e. The van der Waals surface area contributed by atoms with Gasteiger partial charge in [0, 0.05) is 24.6 Å². The number of hydrogen-bond donors (Lipinski definition) is 2. The molecular weight excluding hydrogens is 417 g/mol. The minimum atomic E-state index is -0.755. The fourth-order valence-corrected chi connectivity index (χ4v) is 3.92. The van der Waals surface area contributed by atoms with E-state index in [1.165, 1.54) is 6.07 Å². The molecular formula is C27H22FN3O2. The summed E-state index contributed by atoms with van der Waals surface area (Å²) in [5, 5.41) is 20.9. The van der Waals surface area contributed by atoms with Crippen molar-refractivity contribution in [1.29, 1.82) is 0 Å². The molecule has 0 saturated heterocycles. The normalized spacial score (nSPS) is 11.2. The molecule has 0 amide bonds. The van der Waals surface area contributed by atoms with E-state index in [0.29, 0.717) is 35.6 Å². The molecule has 0 aliphatic carbocycles. The molecule has 0 unspecified atom stereocenters. The standard InChI is InChI=1S/C27H22FN3O2/c1-17-10-12-19(13-11-17)15-22-27(33)31-16-23(20-8-5-9-24(32)25(20)28)29-21(26(31)30-22)14-18-6-3-2-4-7-18/h2-13,16,32-33H,14-15H2,1H3. The lowest BCUT2D eigenvalue weighted by molar-refractivity contribution is 0.433. The third-order valence-corrected chi connectivity index (χ3v) is 5.68. The number of halogens is 1. The average Bonchev–Trinajstić information content (AvgIpc) is 3.13. The van der Waals surface area contributed by atoms with Crippen LogP contribution in [0.25, 0.3) is 16.9 Å². The first-order valence-corrected chi connectivity index (χ1v) is 10.7. The third-order valence-electron chi connectivity index (χ3n) is 5.68. The second-order valence-electron chi connectivity index (χ2n) is 8.11. The van der Waals surface area contributed by atoms with E-state index in [9.17, 15) is 14.6 Å². The number of aromatic nitrogens is 3. The van der Waals surface area contributed by atoms with Gasteiger partial charge in [0.15, 0.2) is 17.2 Å². The van der Waals surface area contributed by atoms with E-state index in [2.05, 4.69) is 0 Å². The maximum atomic E-state index is 14.7. The Balaban J connectivity index is 1.67. The van der Waals surface area contributed by atoms with Gasteiger partial charge in [-0.3, -0.25) is 4.40 Å². The van der Waals surface area contributed by atoms with Crippen molar-refractivity contribution in [2.75, 3.05) is 0 Å². The lowest BCUT2D eigenvalue weighted by Crippen LogP contribution is -2.01. The highest BCUT2D eigenvalue weighted by atomic mass is 19.1. The maximum Gasteiger partial charge on any atom is 0.219 e. The van der Waals surface area contributed by atoms with Crippen LogP contribution in [-0.4, -0.2) is 24.6 Å². The monoisotopic (exact) mass is 439 g/mol. The number of hydrogen-bond acceptors (Lipinski definition) is 4. The van der Waals surface area contributed by atoms with Gasteiger partial charge in [-0.2, -0.15) is 0 Å². The molecule has 2 heterocycles. The van der Waals surface area contributed by atoms with Crippen LogP contribution in [-0.2, 0) is 12.8 Å². The van der Waals surface area contributed by atoms with Crippen LogP contribution in [0.2, 0.25) is 0 Å². The Morgan fingerprint density at radius 3 is 2.24 bits per heavy atom. The van der Waals surface area contributed by atoms with Crippen molar-refractivity contribution >= 4 is 5.65 Å². The highest BCUT2D eigenvalue weighted by Gasteiger charge is 2.19.